The van der Waals surface area contributed by atoms with Crippen molar-refractivity contribution < 1.29 is 14.6 Å². The normalized spacial score (nSPS) is 10.7. The number of benzene rings is 3. The van der Waals surface area contributed by atoms with E-state index in [-0.39, 0.29) is 5.56 Å². The van der Waals surface area contributed by atoms with E-state index in [2.05, 4.69) is 6.07 Å². The Balaban J connectivity index is 1.97. The molecule has 0 aliphatic carbocycles. The maximum Gasteiger partial charge on any atom is 0.335 e. The van der Waals surface area contributed by atoms with Crippen molar-refractivity contribution in [2.45, 2.75) is 0 Å². The van der Waals surface area contributed by atoms with E-state index in [0.29, 0.717) is 5.52 Å². The van der Waals surface area contributed by atoms with Gasteiger partial charge in [-0.1, -0.05) is 36.4 Å². The van der Waals surface area contributed by atoms with Crippen molar-refractivity contribution in [2.75, 3.05) is 7.11 Å². The third-order valence-electron chi connectivity index (χ3n) is 4.51. The van der Waals surface area contributed by atoms with E-state index in [1.807, 2.05) is 54.6 Å². The Hall–Kier alpha value is -3.66. The number of aromatic nitrogens is 1. The average molecular weight is 355 g/mol. The number of aromatic carboxylic acids is 1. The largest absolute Gasteiger partial charge is 0.497 e. The number of carbonyl (C=O) groups is 1. The standard InChI is InChI=1S/C23H17NO3/c1-27-19-11-9-16(10-12-19)22-20(15-5-3-2-4-6-15)13-17-7-8-18(23(25)26)14-21(17)24-22/h2-14H,1H3,(H,25,26). The molecule has 132 valence electrons. The second-order valence-corrected chi connectivity index (χ2v) is 6.19. The number of hydrogen-bond donors (Lipinski definition) is 1. The van der Waals surface area contributed by atoms with Gasteiger partial charge in [0.2, 0.25) is 0 Å². The third-order valence-corrected chi connectivity index (χ3v) is 4.51. The van der Waals surface area contributed by atoms with Gasteiger partial charge in [-0.3, -0.25) is 0 Å². The van der Waals surface area contributed by atoms with Crippen molar-refractivity contribution >= 4 is 16.9 Å². The molecule has 0 bridgehead atoms. The van der Waals surface area contributed by atoms with Crippen LogP contribution >= 0.6 is 0 Å². The van der Waals surface area contributed by atoms with Crippen molar-refractivity contribution in [2.24, 2.45) is 0 Å². The third kappa shape index (κ3) is 3.25. The van der Waals surface area contributed by atoms with Gasteiger partial charge in [0.1, 0.15) is 5.75 Å². The first-order chi connectivity index (χ1) is 13.2. The smallest absolute Gasteiger partial charge is 0.335 e. The van der Waals surface area contributed by atoms with E-state index in [0.717, 1.165) is 33.5 Å². The highest BCUT2D eigenvalue weighted by molar-refractivity contribution is 5.96. The summed E-state index contributed by atoms with van der Waals surface area (Å²) in [5, 5.41) is 10.2. The molecule has 1 N–H and O–H groups in total. The van der Waals surface area contributed by atoms with Gasteiger partial charge in [0.05, 0.1) is 23.9 Å². The fourth-order valence-electron chi connectivity index (χ4n) is 3.11. The number of pyridine rings is 1. The highest BCUT2D eigenvalue weighted by atomic mass is 16.5. The van der Waals surface area contributed by atoms with Gasteiger partial charge in [-0.15, -0.1) is 0 Å². The zero-order chi connectivity index (χ0) is 18.8. The summed E-state index contributed by atoms with van der Waals surface area (Å²) in [7, 11) is 1.63. The van der Waals surface area contributed by atoms with Gasteiger partial charge in [0.15, 0.2) is 0 Å². The summed E-state index contributed by atoms with van der Waals surface area (Å²) < 4.78 is 5.25. The number of nitrogens with zero attached hydrogens (tertiary/aromatic N) is 1. The molecule has 0 atom stereocenters. The number of ether oxygens (including phenoxy) is 1. The molecule has 0 aliphatic heterocycles. The fourth-order valence-corrected chi connectivity index (χ4v) is 3.11. The zero-order valence-corrected chi connectivity index (χ0v) is 14.7. The van der Waals surface area contributed by atoms with Crippen LogP contribution in [0, 0.1) is 0 Å². The van der Waals surface area contributed by atoms with Crippen LogP contribution in [0.4, 0.5) is 0 Å². The summed E-state index contributed by atoms with van der Waals surface area (Å²) in [6.07, 6.45) is 0. The first kappa shape index (κ1) is 16.8. The van der Waals surface area contributed by atoms with Gasteiger partial charge in [-0.05, 0) is 48.0 Å². The van der Waals surface area contributed by atoms with Gasteiger partial charge >= 0.3 is 5.97 Å². The van der Waals surface area contributed by atoms with Crippen molar-refractivity contribution in [3.8, 4) is 28.1 Å². The number of fused-ring (bicyclic) bond motifs is 1. The minimum atomic E-state index is -0.961. The highest BCUT2D eigenvalue weighted by Gasteiger charge is 2.13. The molecule has 0 radical (unpaired) electrons. The predicted molar refractivity (Wildman–Crippen MR) is 106 cm³/mol. The monoisotopic (exact) mass is 355 g/mol. The van der Waals surface area contributed by atoms with Crippen LogP contribution in [0.1, 0.15) is 10.4 Å². The fraction of sp³-hybridized carbons (Fsp3) is 0.0435. The summed E-state index contributed by atoms with van der Waals surface area (Å²) in [6, 6.07) is 24.8. The molecule has 0 saturated carbocycles. The van der Waals surface area contributed by atoms with Gasteiger partial charge < -0.3 is 9.84 Å². The van der Waals surface area contributed by atoms with E-state index in [4.69, 9.17) is 9.72 Å². The number of rotatable bonds is 4. The molecular formula is C23H17NO3. The van der Waals surface area contributed by atoms with Crippen LogP contribution in [0.25, 0.3) is 33.3 Å². The zero-order valence-electron chi connectivity index (χ0n) is 14.7. The Morgan fingerprint density at radius 1 is 0.889 bits per heavy atom. The molecule has 1 heterocycles. The molecule has 4 heteroatoms. The molecular weight excluding hydrogens is 338 g/mol. The molecule has 0 saturated heterocycles. The lowest BCUT2D eigenvalue weighted by Crippen LogP contribution is -1.97. The second kappa shape index (κ2) is 6.92. The van der Waals surface area contributed by atoms with E-state index in [9.17, 15) is 9.90 Å². The Bertz CT molecular complexity index is 1120. The van der Waals surface area contributed by atoms with Crippen molar-refractivity contribution in [3.63, 3.8) is 0 Å². The maximum atomic E-state index is 11.3. The lowest BCUT2D eigenvalue weighted by atomic mass is 9.97. The maximum absolute atomic E-state index is 11.3. The van der Waals surface area contributed by atoms with Crippen molar-refractivity contribution in [1.82, 2.24) is 4.98 Å². The molecule has 0 fully saturated rings. The second-order valence-electron chi connectivity index (χ2n) is 6.19. The Labute approximate surface area is 156 Å². The van der Waals surface area contributed by atoms with Gasteiger partial charge in [-0.2, -0.15) is 0 Å². The topological polar surface area (TPSA) is 59.4 Å². The minimum Gasteiger partial charge on any atom is -0.497 e. The van der Waals surface area contributed by atoms with Crippen LogP contribution in [-0.4, -0.2) is 23.2 Å². The van der Waals surface area contributed by atoms with E-state index < -0.39 is 5.97 Å². The molecule has 0 spiro atoms. The minimum absolute atomic E-state index is 0.225. The summed E-state index contributed by atoms with van der Waals surface area (Å²) >= 11 is 0. The van der Waals surface area contributed by atoms with Crippen LogP contribution in [0.3, 0.4) is 0 Å². The number of carboxylic acid groups (broad SMARTS) is 1. The summed E-state index contributed by atoms with van der Waals surface area (Å²) in [6.45, 7) is 0. The summed E-state index contributed by atoms with van der Waals surface area (Å²) in [5.41, 5.74) is 4.68. The molecule has 4 nitrogen and oxygen atoms in total. The van der Waals surface area contributed by atoms with Crippen molar-refractivity contribution in [1.29, 1.82) is 0 Å². The highest BCUT2D eigenvalue weighted by Crippen LogP contribution is 2.34. The Morgan fingerprint density at radius 3 is 2.30 bits per heavy atom. The molecule has 3 aromatic carbocycles. The van der Waals surface area contributed by atoms with Gasteiger partial charge in [-0.25, -0.2) is 9.78 Å². The molecule has 0 amide bonds. The molecule has 0 aliphatic rings. The van der Waals surface area contributed by atoms with E-state index in [1.165, 1.54) is 0 Å². The molecule has 1 aromatic heterocycles. The van der Waals surface area contributed by atoms with E-state index >= 15 is 0 Å². The lowest BCUT2D eigenvalue weighted by Gasteiger charge is -2.12. The Kier molecular flexibility index (Phi) is 4.30. The quantitative estimate of drug-likeness (QED) is 0.541. The molecule has 0 unspecified atom stereocenters. The van der Waals surface area contributed by atoms with Crippen LogP contribution in [0.2, 0.25) is 0 Å². The molecule has 4 rings (SSSR count). The Morgan fingerprint density at radius 2 is 1.63 bits per heavy atom. The van der Waals surface area contributed by atoms with Crippen LogP contribution < -0.4 is 4.74 Å². The van der Waals surface area contributed by atoms with Gasteiger partial charge in [0.25, 0.3) is 0 Å². The van der Waals surface area contributed by atoms with E-state index in [1.54, 1.807) is 25.3 Å². The first-order valence-corrected chi connectivity index (χ1v) is 8.53. The summed E-state index contributed by atoms with van der Waals surface area (Å²) in [5.74, 6) is -0.189. The number of methoxy groups -OCH3 is 1. The number of carboxylic acids is 1. The SMILES string of the molecule is COc1ccc(-c2nc3cc(C(=O)O)ccc3cc2-c2ccccc2)cc1. The molecule has 4 aromatic rings. The lowest BCUT2D eigenvalue weighted by molar-refractivity contribution is 0.0697. The molecule has 27 heavy (non-hydrogen) atoms. The van der Waals surface area contributed by atoms with Crippen LogP contribution in [0.15, 0.2) is 78.9 Å². The van der Waals surface area contributed by atoms with Crippen LogP contribution in [0.5, 0.6) is 5.75 Å². The summed E-state index contributed by atoms with van der Waals surface area (Å²) in [4.78, 5) is 16.1. The predicted octanol–water partition coefficient (Wildman–Crippen LogP) is 5.28. The average Bonchev–Trinajstić information content (AvgIpc) is 2.73. The van der Waals surface area contributed by atoms with Crippen molar-refractivity contribution in [3.05, 3.63) is 84.4 Å². The number of hydrogen-bond acceptors (Lipinski definition) is 3. The van der Waals surface area contributed by atoms with Gasteiger partial charge in [0, 0.05) is 16.5 Å². The van der Waals surface area contributed by atoms with Crippen LogP contribution in [-0.2, 0) is 0 Å². The first-order valence-electron chi connectivity index (χ1n) is 8.53.